The zero-order valence-corrected chi connectivity index (χ0v) is 39.3. The summed E-state index contributed by atoms with van der Waals surface area (Å²) in [5, 5.41) is 0. The molecule has 4 aliphatic rings. The predicted molar refractivity (Wildman–Crippen MR) is 260 cm³/mol. The zero-order chi connectivity index (χ0) is 46.4. The van der Waals surface area contributed by atoms with Crippen molar-refractivity contribution in [1.29, 1.82) is 0 Å². The van der Waals surface area contributed by atoms with Crippen LogP contribution >= 0.6 is 0 Å². The molecule has 0 bridgehead atoms. The Labute approximate surface area is 398 Å². The van der Waals surface area contributed by atoms with Crippen molar-refractivity contribution in [1.82, 2.24) is 39.5 Å². The standard InChI is InChI=1S/C54H62N8O6/c1-3-17-61(53(63)51(37-13-7-5-8-14-37)59-19-11-23-65-25-21-59)33-47-55-31-43(57-47)39-27-41-35-68-46-30-40(28-42-36-67-45(29-39)49(41)50(42)46)44-32-56-48(58-44)34-62(18-4-2)54(64)52(38-15-9-6-10-16-38)60-20-12-24-66-26-22-60/h5-10,13-16,27-32,51-52H,3-4,11-12,17-26,33-36H2,1-2H3,(H,55,57)(H,56,58). The third kappa shape index (κ3) is 9.68. The summed E-state index contributed by atoms with van der Waals surface area (Å²) in [7, 11) is 0. The van der Waals surface area contributed by atoms with Gasteiger partial charge in [-0.1, -0.05) is 74.5 Å². The third-order valence-corrected chi connectivity index (χ3v) is 13.5. The first-order valence-corrected chi connectivity index (χ1v) is 24.4. The fraction of sp³-hybridized carbons (Fsp3) is 0.407. The maximum Gasteiger partial charge on any atom is 0.244 e. The molecule has 4 aliphatic heterocycles. The van der Waals surface area contributed by atoms with Gasteiger partial charge in [-0.25, -0.2) is 9.97 Å². The van der Waals surface area contributed by atoms with Crippen LogP contribution in [-0.4, -0.2) is 117 Å². The molecule has 14 heteroatoms. The number of carbonyl (C=O) groups is 2. The summed E-state index contributed by atoms with van der Waals surface area (Å²) in [6.45, 7) is 12.6. The minimum absolute atomic E-state index is 0.0741. The maximum absolute atomic E-state index is 14.5. The molecule has 2 N–H and O–H groups in total. The number of aromatic amines is 2. The number of carbonyl (C=O) groups excluding carboxylic acids is 2. The first-order valence-electron chi connectivity index (χ1n) is 24.4. The number of rotatable bonds is 16. The SMILES string of the molecule is CCCN(Cc1ncc(-c2cc3c4c(c2)OCc2cc(-c5cnc(CN(CCC)C(=O)C(c6ccccc6)N6CCCOCC6)[nH]5)cc(c2-4)OC3)[nH]1)C(=O)C(c1ccccc1)N1CCCOCC1. The van der Waals surface area contributed by atoms with E-state index in [1.54, 1.807) is 0 Å². The number of benzene rings is 4. The molecule has 2 fully saturated rings. The molecule has 2 saturated heterocycles. The van der Waals surface area contributed by atoms with E-state index in [2.05, 4.69) is 82.1 Å². The first kappa shape index (κ1) is 45.5. The van der Waals surface area contributed by atoms with Gasteiger partial charge in [0.15, 0.2) is 0 Å². The minimum Gasteiger partial charge on any atom is -0.488 e. The number of imidazole rings is 2. The van der Waals surface area contributed by atoms with Gasteiger partial charge >= 0.3 is 0 Å². The van der Waals surface area contributed by atoms with Crippen molar-refractivity contribution < 1.29 is 28.5 Å². The molecule has 4 aromatic carbocycles. The van der Waals surface area contributed by atoms with Crippen molar-refractivity contribution in [3.63, 3.8) is 0 Å². The molecule has 2 aromatic heterocycles. The van der Waals surface area contributed by atoms with E-state index in [-0.39, 0.29) is 11.8 Å². The quantitative estimate of drug-likeness (QED) is 0.0974. The lowest BCUT2D eigenvalue weighted by molar-refractivity contribution is -0.139. The predicted octanol–water partition coefficient (Wildman–Crippen LogP) is 8.32. The highest BCUT2D eigenvalue weighted by Crippen LogP contribution is 2.50. The van der Waals surface area contributed by atoms with Crippen LogP contribution in [0.3, 0.4) is 0 Å². The highest BCUT2D eigenvalue weighted by molar-refractivity contribution is 5.89. The lowest BCUT2D eigenvalue weighted by Gasteiger charge is -2.34. The number of nitrogens with zero attached hydrogens (tertiary/aromatic N) is 6. The van der Waals surface area contributed by atoms with Crippen molar-refractivity contribution in [2.75, 3.05) is 65.7 Å². The lowest BCUT2D eigenvalue weighted by atomic mass is 9.87. The van der Waals surface area contributed by atoms with Crippen LogP contribution in [-0.2, 0) is 45.4 Å². The second-order valence-corrected chi connectivity index (χ2v) is 18.2. The van der Waals surface area contributed by atoms with Crippen LogP contribution in [0, 0.1) is 0 Å². The molecule has 354 valence electrons. The smallest absolute Gasteiger partial charge is 0.244 e. The van der Waals surface area contributed by atoms with E-state index in [1.807, 2.05) is 58.6 Å². The Balaban J connectivity index is 0.860. The van der Waals surface area contributed by atoms with E-state index in [4.69, 9.17) is 28.9 Å². The number of ether oxygens (including phenoxy) is 4. The molecule has 0 radical (unpaired) electrons. The monoisotopic (exact) mass is 918 g/mol. The molecule has 0 spiro atoms. The average molecular weight is 919 g/mol. The summed E-state index contributed by atoms with van der Waals surface area (Å²) in [6.07, 6.45) is 7.13. The Kier molecular flexibility index (Phi) is 14.0. The number of nitrogens with one attached hydrogen (secondary N) is 2. The van der Waals surface area contributed by atoms with Crippen LogP contribution in [0.5, 0.6) is 11.5 Å². The summed E-state index contributed by atoms with van der Waals surface area (Å²) in [5.74, 6) is 3.21. The van der Waals surface area contributed by atoms with Gasteiger partial charge in [0.05, 0.1) is 50.1 Å². The summed E-state index contributed by atoms with van der Waals surface area (Å²) >= 11 is 0. The van der Waals surface area contributed by atoms with Crippen molar-refractivity contribution in [3.8, 4) is 45.1 Å². The number of hydrogen-bond acceptors (Lipinski definition) is 10. The number of hydrogen-bond donors (Lipinski definition) is 2. The highest BCUT2D eigenvalue weighted by Gasteiger charge is 2.35. The van der Waals surface area contributed by atoms with E-state index in [9.17, 15) is 9.59 Å². The normalized spacial score (nSPS) is 16.9. The lowest BCUT2D eigenvalue weighted by Crippen LogP contribution is -2.44. The highest BCUT2D eigenvalue weighted by atomic mass is 16.5. The van der Waals surface area contributed by atoms with Gasteiger partial charge in [0.2, 0.25) is 11.8 Å². The Morgan fingerprint density at radius 1 is 0.603 bits per heavy atom. The van der Waals surface area contributed by atoms with Crippen LogP contribution in [0.2, 0.25) is 0 Å². The van der Waals surface area contributed by atoms with Crippen LogP contribution in [0.4, 0.5) is 0 Å². The van der Waals surface area contributed by atoms with Gasteiger partial charge < -0.3 is 38.7 Å². The van der Waals surface area contributed by atoms with E-state index in [1.165, 1.54) is 0 Å². The maximum atomic E-state index is 14.5. The second-order valence-electron chi connectivity index (χ2n) is 18.2. The molecule has 2 unspecified atom stereocenters. The van der Waals surface area contributed by atoms with Crippen LogP contribution in [0.1, 0.15) is 85.5 Å². The molecule has 2 atom stereocenters. The van der Waals surface area contributed by atoms with E-state index >= 15 is 0 Å². The first-order chi connectivity index (χ1) is 33.4. The molecular weight excluding hydrogens is 857 g/mol. The van der Waals surface area contributed by atoms with Gasteiger partial charge in [0, 0.05) is 85.9 Å². The van der Waals surface area contributed by atoms with Gasteiger partial charge in [0.1, 0.15) is 48.4 Å². The zero-order valence-electron chi connectivity index (χ0n) is 39.3. The van der Waals surface area contributed by atoms with Gasteiger partial charge in [0.25, 0.3) is 0 Å². The molecule has 0 saturated carbocycles. The van der Waals surface area contributed by atoms with E-state index < -0.39 is 12.1 Å². The number of H-pyrrole nitrogens is 2. The summed E-state index contributed by atoms with van der Waals surface area (Å²) in [6, 6.07) is 27.9. The molecule has 2 amide bonds. The van der Waals surface area contributed by atoms with Crippen molar-refractivity contribution in [2.24, 2.45) is 0 Å². The Morgan fingerprint density at radius 2 is 1.04 bits per heavy atom. The number of amides is 2. The van der Waals surface area contributed by atoms with Gasteiger partial charge in [-0.15, -0.1) is 0 Å². The Hall–Kier alpha value is -6.32. The summed E-state index contributed by atoms with van der Waals surface area (Å²) < 4.78 is 24.6. The summed E-state index contributed by atoms with van der Waals surface area (Å²) in [5.41, 5.74) is 9.76. The molecule has 68 heavy (non-hydrogen) atoms. The minimum atomic E-state index is -0.395. The van der Waals surface area contributed by atoms with E-state index in [0.717, 1.165) is 118 Å². The largest absolute Gasteiger partial charge is 0.488 e. The Morgan fingerprint density at radius 3 is 1.47 bits per heavy atom. The fourth-order valence-corrected chi connectivity index (χ4v) is 10.3. The van der Waals surface area contributed by atoms with Crippen LogP contribution in [0.15, 0.2) is 97.3 Å². The molecule has 10 rings (SSSR count). The van der Waals surface area contributed by atoms with Crippen molar-refractivity contribution in [2.45, 2.75) is 77.9 Å². The van der Waals surface area contributed by atoms with Gasteiger partial charge in [-0.3, -0.25) is 19.4 Å². The topological polar surface area (TPSA) is 141 Å². The fourth-order valence-electron chi connectivity index (χ4n) is 10.3. The van der Waals surface area contributed by atoms with Crippen molar-refractivity contribution in [3.05, 3.63) is 131 Å². The van der Waals surface area contributed by atoms with Crippen molar-refractivity contribution >= 4 is 11.8 Å². The van der Waals surface area contributed by atoms with E-state index in [0.29, 0.717) is 78.9 Å². The van der Waals surface area contributed by atoms with Gasteiger partial charge in [-0.2, -0.15) is 0 Å². The summed E-state index contributed by atoms with van der Waals surface area (Å²) in [4.78, 5) is 54.2. The third-order valence-electron chi connectivity index (χ3n) is 13.5. The molecule has 0 aliphatic carbocycles. The van der Waals surface area contributed by atoms with Crippen LogP contribution in [0.25, 0.3) is 33.6 Å². The molecule has 14 nitrogen and oxygen atoms in total. The van der Waals surface area contributed by atoms with Crippen LogP contribution < -0.4 is 9.47 Å². The molecule has 6 heterocycles. The Bertz CT molecular complexity index is 2440. The van der Waals surface area contributed by atoms with Gasteiger partial charge in [-0.05, 0) is 61.1 Å². The molecular formula is C54H62N8O6. The number of aromatic nitrogens is 4. The molecule has 6 aromatic rings. The second kappa shape index (κ2) is 20.9. The average Bonchev–Trinajstić information content (AvgIpc) is 3.86.